The Balaban J connectivity index is 1.71. The molecule has 19 heavy (non-hydrogen) atoms. The van der Waals surface area contributed by atoms with Gasteiger partial charge >= 0.3 is 6.03 Å². The number of hydrogen-bond donors (Lipinski definition) is 3. The first kappa shape index (κ1) is 13.6. The number of carbonyl (C=O) groups is 2. The van der Waals surface area contributed by atoms with Gasteiger partial charge in [0.2, 0.25) is 5.91 Å². The van der Waals surface area contributed by atoms with Crippen LogP contribution in [-0.4, -0.2) is 55.5 Å². The lowest BCUT2D eigenvalue weighted by molar-refractivity contribution is -0.124. The third kappa shape index (κ3) is 3.59. The third-order valence-corrected chi connectivity index (χ3v) is 3.48. The summed E-state index contributed by atoms with van der Waals surface area (Å²) in [4.78, 5) is 28.1. The van der Waals surface area contributed by atoms with Crippen LogP contribution in [0.2, 0.25) is 0 Å². The number of nitrogens with one attached hydrogen (secondary N) is 3. The Morgan fingerprint density at radius 2 is 2.16 bits per heavy atom. The highest BCUT2D eigenvalue weighted by molar-refractivity contribution is 6.01. The Morgan fingerprint density at radius 3 is 2.74 bits per heavy atom. The molecule has 0 unspecified atom stereocenters. The molecule has 0 aromatic carbocycles. The van der Waals surface area contributed by atoms with Gasteiger partial charge < -0.3 is 16.0 Å². The van der Waals surface area contributed by atoms with Crippen molar-refractivity contribution in [3.8, 4) is 0 Å². The predicted octanol–water partition coefficient (Wildman–Crippen LogP) is -0.354. The van der Waals surface area contributed by atoms with Crippen molar-refractivity contribution in [3.05, 3.63) is 0 Å². The van der Waals surface area contributed by atoms with Crippen molar-refractivity contribution < 1.29 is 9.59 Å². The van der Waals surface area contributed by atoms with Crippen LogP contribution >= 0.6 is 0 Å². The molecule has 1 aliphatic heterocycles. The predicted molar refractivity (Wildman–Crippen MR) is 71.9 cm³/mol. The minimum atomic E-state index is -0.314. The third-order valence-electron chi connectivity index (χ3n) is 3.48. The molecule has 106 valence electrons. The van der Waals surface area contributed by atoms with Crippen molar-refractivity contribution >= 4 is 17.9 Å². The van der Waals surface area contributed by atoms with Crippen LogP contribution < -0.4 is 16.0 Å². The van der Waals surface area contributed by atoms with E-state index in [1.807, 2.05) is 0 Å². The number of rotatable bonds is 4. The van der Waals surface area contributed by atoms with Gasteiger partial charge in [-0.3, -0.25) is 14.7 Å². The average Bonchev–Trinajstić information content (AvgIpc) is 3.01. The number of amides is 3. The summed E-state index contributed by atoms with van der Waals surface area (Å²) >= 11 is 0. The first-order valence-corrected chi connectivity index (χ1v) is 6.76. The van der Waals surface area contributed by atoms with E-state index in [0.29, 0.717) is 19.1 Å². The summed E-state index contributed by atoms with van der Waals surface area (Å²) in [6.07, 6.45) is 4.87. The highest BCUT2D eigenvalue weighted by atomic mass is 16.2. The first-order valence-electron chi connectivity index (χ1n) is 6.76. The zero-order valence-electron chi connectivity index (χ0n) is 11.2. The van der Waals surface area contributed by atoms with Gasteiger partial charge in [-0.15, -0.1) is 0 Å². The molecule has 1 saturated carbocycles. The Hall–Kier alpha value is -1.79. The van der Waals surface area contributed by atoms with Crippen LogP contribution in [0.3, 0.4) is 0 Å². The van der Waals surface area contributed by atoms with E-state index in [0.717, 1.165) is 5.96 Å². The fourth-order valence-electron chi connectivity index (χ4n) is 2.43. The molecule has 3 N–H and O–H groups in total. The van der Waals surface area contributed by atoms with Gasteiger partial charge in [-0.1, -0.05) is 12.8 Å². The monoisotopic (exact) mass is 267 g/mol. The van der Waals surface area contributed by atoms with Crippen LogP contribution in [0, 0.1) is 0 Å². The van der Waals surface area contributed by atoms with E-state index in [2.05, 4.69) is 20.9 Å². The lowest BCUT2D eigenvalue weighted by Crippen LogP contribution is -2.45. The molecule has 0 spiro atoms. The summed E-state index contributed by atoms with van der Waals surface area (Å²) in [5, 5.41) is 8.97. The van der Waals surface area contributed by atoms with Gasteiger partial charge in [0.05, 0.1) is 6.54 Å². The Bertz CT molecular complexity index is 360. The second kappa shape index (κ2) is 6.40. The summed E-state index contributed by atoms with van der Waals surface area (Å²) in [6, 6.07) is 0.174. The van der Waals surface area contributed by atoms with Gasteiger partial charge in [-0.25, -0.2) is 4.79 Å². The van der Waals surface area contributed by atoms with Crippen LogP contribution in [0.15, 0.2) is 4.99 Å². The number of carbonyl (C=O) groups excluding carboxylic acids is 2. The molecule has 2 rings (SSSR count). The summed E-state index contributed by atoms with van der Waals surface area (Å²) in [5.74, 6) is 0.560. The molecule has 0 atom stereocenters. The van der Waals surface area contributed by atoms with E-state index in [1.165, 1.54) is 30.6 Å². The number of nitrogens with zero attached hydrogens (tertiary/aromatic N) is 2. The summed E-state index contributed by atoms with van der Waals surface area (Å²) in [5.41, 5.74) is 0. The molecular weight excluding hydrogens is 246 g/mol. The van der Waals surface area contributed by atoms with Crippen LogP contribution in [0.5, 0.6) is 0 Å². The summed E-state index contributed by atoms with van der Waals surface area (Å²) in [7, 11) is 1.72. The summed E-state index contributed by atoms with van der Waals surface area (Å²) in [6.45, 7) is 0.968. The molecule has 1 heterocycles. The Labute approximate surface area is 112 Å². The molecule has 0 bridgehead atoms. The standard InChI is InChI=1S/C12H21N5O2/c1-13-11(16-9-4-2-3-5-9)14-6-7-17-10(18)8-15-12(17)19/h9H,2-8H2,1H3,(H,15,19)(H2,13,14,16). The van der Waals surface area contributed by atoms with Crippen molar-refractivity contribution in [2.45, 2.75) is 31.7 Å². The lowest BCUT2D eigenvalue weighted by Gasteiger charge is -2.18. The number of guanidine groups is 1. The SMILES string of the molecule is CN=C(NCCN1C(=O)CNC1=O)NC1CCCC1. The highest BCUT2D eigenvalue weighted by Crippen LogP contribution is 2.17. The molecule has 2 aliphatic rings. The fourth-order valence-corrected chi connectivity index (χ4v) is 2.43. The number of hydrogen-bond acceptors (Lipinski definition) is 3. The van der Waals surface area contributed by atoms with Crippen LogP contribution in [0.25, 0.3) is 0 Å². The molecule has 2 fully saturated rings. The minimum Gasteiger partial charge on any atom is -0.355 e. The van der Waals surface area contributed by atoms with Crippen molar-refractivity contribution in [2.75, 3.05) is 26.7 Å². The normalized spacial score (nSPS) is 20.9. The molecular formula is C12H21N5O2. The number of imide groups is 1. The Morgan fingerprint density at radius 1 is 1.42 bits per heavy atom. The molecule has 0 radical (unpaired) electrons. The van der Waals surface area contributed by atoms with E-state index in [-0.39, 0.29) is 18.5 Å². The molecule has 0 aromatic heterocycles. The maximum Gasteiger partial charge on any atom is 0.324 e. The number of aliphatic imine (C=N–C) groups is 1. The van der Waals surface area contributed by atoms with E-state index in [1.54, 1.807) is 7.05 Å². The first-order chi connectivity index (χ1) is 9.20. The van der Waals surface area contributed by atoms with E-state index in [4.69, 9.17) is 0 Å². The summed E-state index contributed by atoms with van der Waals surface area (Å²) < 4.78 is 0. The maximum absolute atomic E-state index is 11.4. The van der Waals surface area contributed by atoms with Gasteiger partial charge in [-0.2, -0.15) is 0 Å². The van der Waals surface area contributed by atoms with Gasteiger partial charge in [0, 0.05) is 26.2 Å². The quantitative estimate of drug-likeness (QED) is 0.369. The van der Waals surface area contributed by atoms with Gasteiger partial charge in [0.15, 0.2) is 5.96 Å². The Kier molecular flexibility index (Phi) is 4.59. The fraction of sp³-hybridized carbons (Fsp3) is 0.750. The number of urea groups is 1. The topological polar surface area (TPSA) is 85.8 Å². The van der Waals surface area contributed by atoms with Gasteiger partial charge in [-0.05, 0) is 12.8 Å². The smallest absolute Gasteiger partial charge is 0.324 e. The molecule has 1 saturated heterocycles. The zero-order chi connectivity index (χ0) is 13.7. The van der Waals surface area contributed by atoms with E-state index < -0.39 is 0 Å². The van der Waals surface area contributed by atoms with Crippen molar-refractivity contribution in [2.24, 2.45) is 4.99 Å². The van der Waals surface area contributed by atoms with Gasteiger partial charge in [0.25, 0.3) is 0 Å². The average molecular weight is 267 g/mol. The van der Waals surface area contributed by atoms with Gasteiger partial charge in [0.1, 0.15) is 0 Å². The van der Waals surface area contributed by atoms with Crippen molar-refractivity contribution in [3.63, 3.8) is 0 Å². The second-order valence-electron chi connectivity index (χ2n) is 4.83. The van der Waals surface area contributed by atoms with Crippen molar-refractivity contribution in [1.82, 2.24) is 20.9 Å². The molecule has 1 aliphatic carbocycles. The molecule has 7 heteroatoms. The molecule has 0 aromatic rings. The van der Waals surface area contributed by atoms with Crippen LogP contribution in [0.1, 0.15) is 25.7 Å². The minimum absolute atomic E-state index is 0.105. The molecule has 3 amide bonds. The van der Waals surface area contributed by atoms with Crippen LogP contribution in [-0.2, 0) is 4.79 Å². The maximum atomic E-state index is 11.4. The highest BCUT2D eigenvalue weighted by Gasteiger charge is 2.27. The van der Waals surface area contributed by atoms with E-state index >= 15 is 0 Å². The largest absolute Gasteiger partial charge is 0.355 e. The zero-order valence-corrected chi connectivity index (χ0v) is 11.2. The molecule has 7 nitrogen and oxygen atoms in total. The van der Waals surface area contributed by atoms with E-state index in [9.17, 15) is 9.59 Å². The van der Waals surface area contributed by atoms with Crippen molar-refractivity contribution in [1.29, 1.82) is 0 Å². The van der Waals surface area contributed by atoms with Crippen LogP contribution in [0.4, 0.5) is 4.79 Å². The lowest BCUT2D eigenvalue weighted by atomic mass is 10.2. The second-order valence-corrected chi connectivity index (χ2v) is 4.83.